The van der Waals surface area contributed by atoms with Gasteiger partial charge in [-0.3, -0.25) is 9.78 Å². The lowest BCUT2D eigenvalue weighted by Gasteiger charge is -2.31. The van der Waals surface area contributed by atoms with Crippen molar-refractivity contribution >= 4 is 22.6 Å². The van der Waals surface area contributed by atoms with Gasteiger partial charge in [-0.05, 0) is 37.7 Å². The van der Waals surface area contributed by atoms with Gasteiger partial charge in [0.15, 0.2) is 0 Å². The van der Waals surface area contributed by atoms with E-state index in [2.05, 4.69) is 46.2 Å². The van der Waals surface area contributed by atoms with Gasteiger partial charge in [0, 0.05) is 49.7 Å². The lowest BCUT2D eigenvalue weighted by atomic mass is 9.92. The third kappa shape index (κ3) is 5.19. The molecular formula is C23H32N4O3. The van der Waals surface area contributed by atoms with Crippen molar-refractivity contribution in [2.75, 3.05) is 31.2 Å². The number of benzene rings is 1. The smallest absolute Gasteiger partial charge is 0.220 e. The Morgan fingerprint density at radius 2 is 1.90 bits per heavy atom. The van der Waals surface area contributed by atoms with Crippen LogP contribution in [0, 0.1) is 5.92 Å². The molecular weight excluding hydrogens is 380 g/mol. The number of nitrogens with one attached hydrogen (secondary N) is 1. The van der Waals surface area contributed by atoms with Crippen molar-refractivity contribution in [2.24, 2.45) is 5.92 Å². The molecule has 0 unspecified atom stereocenters. The highest BCUT2D eigenvalue weighted by Crippen LogP contribution is 2.33. The highest BCUT2D eigenvalue weighted by Gasteiger charge is 2.25. The number of aromatic nitrogens is 2. The highest BCUT2D eigenvalue weighted by atomic mass is 16.5. The summed E-state index contributed by atoms with van der Waals surface area (Å²) in [6.07, 6.45) is 7.91. The molecule has 2 aromatic rings. The van der Waals surface area contributed by atoms with Crippen molar-refractivity contribution in [3.63, 3.8) is 0 Å². The van der Waals surface area contributed by atoms with Gasteiger partial charge < -0.3 is 19.7 Å². The predicted octanol–water partition coefficient (Wildman–Crippen LogP) is 3.32. The fraction of sp³-hybridized carbons (Fsp3) is 0.609. The molecule has 2 fully saturated rings. The molecule has 1 saturated heterocycles. The Bertz CT molecular complexity index is 859. The lowest BCUT2D eigenvalue weighted by molar-refractivity contribution is -0.122. The van der Waals surface area contributed by atoms with Gasteiger partial charge in [-0.1, -0.05) is 13.8 Å². The number of fused-ring (bicyclic) bond motifs is 1. The summed E-state index contributed by atoms with van der Waals surface area (Å²) in [5, 5.41) is 3.18. The normalized spacial score (nSPS) is 22.3. The zero-order chi connectivity index (χ0) is 20.9. The molecule has 4 rings (SSSR count). The summed E-state index contributed by atoms with van der Waals surface area (Å²) in [6, 6.07) is 4.44. The van der Waals surface area contributed by atoms with Gasteiger partial charge in [-0.2, -0.15) is 0 Å². The number of amides is 1. The Morgan fingerprint density at radius 1 is 1.17 bits per heavy atom. The number of hydrogen-bond donors (Lipinski definition) is 1. The second-order valence-corrected chi connectivity index (χ2v) is 8.72. The van der Waals surface area contributed by atoms with Crippen LogP contribution >= 0.6 is 0 Å². The van der Waals surface area contributed by atoms with Crippen molar-refractivity contribution in [3.05, 3.63) is 24.5 Å². The van der Waals surface area contributed by atoms with E-state index in [0.717, 1.165) is 74.5 Å². The van der Waals surface area contributed by atoms with Crippen LogP contribution in [-0.4, -0.2) is 54.3 Å². The van der Waals surface area contributed by atoms with Crippen LogP contribution in [0.5, 0.6) is 5.75 Å². The van der Waals surface area contributed by atoms with Gasteiger partial charge in [0.1, 0.15) is 11.3 Å². The molecule has 0 spiro atoms. The molecule has 1 amide bonds. The molecule has 0 atom stereocenters. The summed E-state index contributed by atoms with van der Waals surface area (Å²) in [5.74, 6) is 1.35. The van der Waals surface area contributed by atoms with E-state index in [0.29, 0.717) is 12.3 Å². The lowest BCUT2D eigenvalue weighted by Crippen LogP contribution is -2.40. The first kappa shape index (κ1) is 20.8. The van der Waals surface area contributed by atoms with E-state index in [1.54, 1.807) is 12.4 Å². The topological polar surface area (TPSA) is 76.6 Å². The van der Waals surface area contributed by atoms with Crippen LogP contribution in [-0.2, 0) is 9.53 Å². The number of morpholine rings is 1. The first-order valence-electron chi connectivity index (χ1n) is 11.1. The van der Waals surface area contributed by atoms with E-state index in [1.807, 2.05) is 0 Å². The number of rotatable bonds is 6. The second kappa shape index (κ2) is 9.60. The number of carbonyl (C=O) groups is 1. The molecule has 1 aromatic carbocycles. The monoisotopic (exact) mass is 412 g/mol. The van der Waals surface area contributed by atoms with Crippen LogP contribution in [0.3, 0.4) is 0 Å². The van der Waals surface area contributed by atoms with Gasteiger partial charge >= 0.3 is 0 Å². The Balaban J connectivity index is 1.43. The molecule has 30 heavy (non-hydrogen) atoms. The SMILES string of the molecule is CC(C)CC(=O)NC1CCC(Oc2cc(N3CCOCC3)cc3nccnc23)CC1. The van der Waals surface area contributed by atoms with E-state index in [1.165, 1.54) is 0 Å². The Kier molecular flexibility index (Phi) is 6.67. The van der Waals surface area contributed by atoms with E-state index in [-0.39, 0.29) is 18.1 Å². The van der Waals surface area contributed by atoms with Crippen molar-refractivity contribution in [1.29, 1.82) is 0 Å². The average molecular weight is 413 g/mol. The first-order chi connectivity index (χ1) is 14.6. The minimum absolute atomic E-state index is 0.133. The molecule has 7 heteroatoms. The molecule has 1 aliphatic carbocycles. The number of hydrogen-bond acceptors (Lipinski definition) is 6. The molecule has 162 valence electrons. The van der Waals surface area contributed by atoms with Crippen molar-refractivity contribution in [1.82, 2.24) is 15.3 Å². The van der Waals surface area contributed by atoms with E-state index >= 15 is 0 Å². The van der Waals surface area contributed by atoms with Crippen molar-refractivity contribution in [2.45, 2.75) is 58.1 Å². The second-order valence-electron chi connectivity index (χ2n) is 8.72. The van der Waals surface area contributed by atoms with Crippen LogP contribution in [0.25, 0.3) is 11.0 Å². The molecule has 0 bridgehead atoms. The Morgan fingerprint density at radius 3 is 2.63 bits per heavy atom. The predicted molar refractivity (Wildman–Crippen MR) is 117 cm³/mol. The Labute approximate surface area is 178 Å². The van der Waals surface area contributed by atoms with E-state index in [4.69, 9.17) is 9.47 Å². The van der Waals surface area contributed by atoms with Crippen LogP contribution < -0.4 is 15.0 Å². The zero-order valence-electron chi connectivity index (χ0n) is 18.0. The van der Waals surface area contributed by atoms with Crippen LogP contribution in [0.1, 0.15) is 46.0 Å². The summed E-state index contributed by atoms with van der Waals surface area (Å²) < 4.78 is 11.9. The maximum atomic E-state index is 12.1. The van der Waals surface area contributed by atoms with Crippen LogP contribution in [0.4, 0.5) is 5.69 Å². The molecule has 0 radical (unpaired) electrons. The maximum absolute atomic E-state index is 12.1. The number of nitrogens with zero attached hydrogens (tertiary/aromatic N) is 3. The summed E-state index contributed by atoms with van der Waals surface area (Å²) in [6.45, 7) is 7.35. The molecule has 7 nitrogen and oxygen atoms in total. The maximum Gasteiger partial charge on any atom is 0.220 e. The van der Waals surface area contributed by atoms with Crippen LogP contribution in [0.2, 0.25) is 0 Å². The largest absolute Gasteiger partial charge is 0.488 e. The van der Waals surface area contributed by atoms with Crippen LogP contribution in [0.15, 0.2) is 24.5 Å². The third-order valence-corrected chi connectivity index (χ3v) is 5.83. The van der Waals surface area contributed by atoms with E-state index < -0.39 is 0 Å². The van der Waals surface area contributed by atoms with Gasteiger partial charge in [0.25, 0.3) is 0 Å². The summed E-state index contributed by atoms with van der Waals surface area (Å²) in [5.41, 5.74) is 2.77. The number of ether oxygens (including phenoxy) is 2. The zero-order valence-corrected chi connectivity index (χ0v) is 18.0. The van der Waals surface area contributed by atoms with Crippen molar-refractivity contribution in [3.8, 4) is 5.75 Å². The van der Waals surface area contributed by atoms with Gasteiger partial charge in [0.05, 0.1) is 24.8 Å². The van der Waals surface area contributed by atoms with Crippen molar-refractivity contribution < 1.29 is 14.3 Å². The average Bonchev–Trinajstić information content (AvgIpc) is 2.75. The third-order valence-electron chi connectivity index (χ3n) is 5.83. The van der Waals surface area contributed by atoms with Gasteiger partial charge in [0.2, 0.25) is 5.91 Å². The fourth-order valence-corrected chi connectivity index (χ4v) is 4.28. The minimum atomic E-state index is 0.133. The molecule has 1 aromatic heterocycles. The molecule has 1 saturated carbocycles. The Hall–Kier alpha value is -2.41. The molecule has 2 heterocycles. The summed E-state index contributed by atoms with van der Waals surface area (Å²) >= 11 is 0. The fourth-order valence-electron chi connectivity index (χ4n) is 4.28. The molecule has 2 aliphatic rings. The quantitative estimate of drug-likeness (QED) is 0.784. The van der Waals surface area contributed by atoms with Gasteiger partial charge in [-0.25, -0.2) is 4.98 Å². The standard InChI is InChI=1S/C23H32N4O3/c1-16(2)13-22(28)26-17-3-5-19(6-4-17)30-21-15-18(27-9-11-29-12-10-27)14-20-23(21)25-8-7-24-20/h7-8,14-17,19H,3-6,9-13H2,1-2H3,(H,26,28). The number of anilines is 1. The molecule has 1 N–H and O–H groups in total. The summed E-state index contributed by atoms with van der Waals surface area (Å²) in [7, 11) is 0. The molecule has 1 aliphatic heterocycles. The summed E-state index contributed by atoms with van der Waals surface area (Å²) in [4.78, 5) is 23.4. The minimum Gasteiger partial charge on any atom is -0.488 e. The van der Waals surface area contributed by atoms with Gasteiger partial charge in [-0.15, -0.1) is 0 Å². The highest BCUT2D eigenvalue weighted by molar-refractivity contribution is 5.85. The first-order valence-corrected chi connectivity index (χ1v) is 11.1. The number of carbonyl (C=O) groups excluding carboxylic acids is 1. The van der Waals surface area contributed by atoms with E-state index in [9.17, 15) is 4.79 Å².